The van der Waals surface area contributed by atoms with Crippen molar-refractivity contribution in [3.8, 4) is 0 Å². The van der Waals surface area contributed by atoms with Gasteiger partial charge in [-0.15, -0.1) is 0 Å². The van der Waals surface area contributed by atoms with E-state index in [1.54, 1.807) is 0 Å². The van der Waals surface area contributed by atoms with Crippen LogP contribution in [0.3, 0.4) is 0 Å². The van der Waals surface area contributed by atoms with Crippen molar-refractivity contribution in [3.63, 3.8) is 0 Å². The van der Waals surface area contributed by atoms with Crippen molar-refractivity contribution in [2.45, 2.75) is 58.9 Å². The van der Waals surface area contributed by atoms with Gasteiger partial charge in [0, 0.05) is 6.04 Å². The van der Waals surface area contributed by atoms with Crippen LogP contribution in [0.25, 0.3) is 0 Å². The molecule has 0 heterocycles. The number of nitrogens with two attached hydrogens (primary N) is 1. The molecule has 0 bridgehead atoms. The molecular weight excluding hydrogens is 158 g/mol. The standard InChI is InChI=1S/C12H25N/c1-4-9(2)7-11-8-10(3)5-6-12(11)13/h9-12H,4-8,13H2,1-3H3. The van der Waals surface area contributed by atoms with E-state index in [9.17, 15) is 0 Å². The Kier molecular flexibility index (Phi) is 4.24. The molecule has 2 N–H and O–H groups in total. The SMILES string of the molecule is CCC(C)CC1CC(C)CCC1N. The minimum atomic E-state index is 0.491. The van der Waals surface area contributed by atoms with Crippen LogP contribution in [0.2, 0.25) is 0 Å². The molecule has 1 saturated carbocycles. The van der Waals surface area contributed by atoms with Gasteiger partial charge in [0.15, 0.2) is 0 Å². The van der Waals surface area contributed by atoms with Gasteiger partial charge in [0.2, 0.25) is 0 Å². The summed E-state index contributed by atoms with van der Waals surface area (Å²) < 4.78 is 0. The van der Waals surface area contributed by atoms with Crippen LogP contribution in [-0.4, -0.2) is 6.04 Å². The molecule has 0 aromatic carbocycles. The van der Waals surface area contributed by atoms with E-state index in [0.717, 1.165) is 17.8 Å². The van der Waals surface area contributed by atoms with Crippen molar-refractivity contribution in [2.75, 3.05) is 0 Å². The topological polar surface area (TPSA) is 26.0 Å². The molecule has 0 aromatic rings. The molecule has 1 fully saturated rings. The van der Waals surface area contributed by atoms with Crippen molar-refractivity contribution < 1.29 is 0 Å². The molecule has 1 aliphatic rings. The van der Waals surface area contributed by atoms with Gasteiger partial charge in [-0.05, 0) is 43.4 Å². The van der Waals surface area contributed by atoms with E-state index in [4.69, 9.17) is 5.73 Å². The van der Waals surface area contributed by atoms with Crippen molar-refractivity contribution in [1.82, 2.24) is 0 Å². The highest BCUT2D eigenvalue weighted by atomic mass is 14.7. The molecule has 0 radical (unpaired) electrons. The summed E-state index contributed by atoms with van der Waals surface area (Å²) in [5.41, 5.74) is 6.14. The van der Waals surface area contributed by atoms with Gasteiger partial charge in [-0.25, -0.2) is 0 Å². The molecule has 0 aromatic heterocycles. The normalized spacial score (nSPS) is 37.4. The lowest BCUT2D eigenvalue weighted by molar-refractivity contribution is 0.210. The predicted octanol–water partition coefficient (Wildman–Crippen LogP) is 3.19. The van der Waals surface area contributed by atoms with Gasteiger partial charge in [-0.2, -0.15) is 0 Å². The van der Waals surface area contributed by atoms with Gasteiger partial charge in [-0.3, -0.25) is 0 Å². The first-order valence-electron chi connectivity index (χ1n) is 5.89. The van der Waals surface area contributed by atoms with E-state index in [1.807, 2.05) is 0 Å². The maximum absolute atomic E-state index is 6.14. The average Bonchev–Trinajstić information content (AvgIpc) is 2.11. The molecule has 0 amide bonds. The summed E-state index contributed by atoms with van der Waals surface area (Å²) in [5.74, 6) is 2.58. The van der Waals surface area contributed by atoms with Gasteiger partial charge in [0.05, 0.1) is 0 Å². The van der Waals surface area contributed by atoms with Crippen LogP contribution in [0.1, 0.15) is 52.9 Å². The van der Waals surface area contributed by atoms with Crippen molar-refractivity contribution in [1.29, 1.82) is 0 Å². The molecule has 78 valence electrons. The molecule has 13 heavy (non-hydrogen) atoms. The first-order chi connectivity index (χ1) is 6.13. The zero-order chi connectivity index (χ0) is 9.84. The largest absolute Gasteiger partial charge is 0.327 e. The second kappa shape index (κ2) is 4.99. The van der Waals surface area contributed by atoms with Crippen LogP contribution >= 0.6 is 0 Å². The lowest BCUT2D eigenvalue weighted by Crippen LogP contribution is -2.36. The Morgan fingerprint density at radius 1 is 1.38 bits per heavy atom. The molecule has 4 unspecified atom stereocenters. The Hall–Kier alpha value is -0.0400. The van der Waals surface area contributed by atoms with Crippen LogP contribution in [0.5, 0.6) is 0 Å². The third-order valence-electron chi connectivity index (χ3n) is 3.71. The fourth-order valence-corrected chi connectivity index (χ4v) is 2.48. The quantitative estimate of drug-likeness (QED) is 0.714. The third-order valence-corrected chi connectivity index (χ3v) is 3.71. The fourth-order valence-electron chi connectivity index (χ4n) is 2.48. The second-order valence-electron chi connectivity index (χ2n) is 5.09. The van der Waals surface area contributed by atoms with Crippen LogP contribution < -0.4 is 5.73 Å². The van der Waals surface area contributed by atoms with Crippen molar-refractivity contribution in [2.24, 2.45) is 23.5 Å². The Morgan fingerprint density at radius 2 is 2.08 bits per heavy atom. The highest BCUT2D eigenvalue weighted by molar-refractivity contribution is 4.81. The highest BCUT2D eigenvalue weighted by Gasteiger charge is 2.26. The van der Waals surface area contributed by atoms with E-state index in [-0.39, 0.29) is 0 Å². The maximum Gasteiger partial charge on any atom is 0.00674 e. The molecular formula is C12H25N. The summed E-state index contributed by atoms with van der Waals surface area (Å²) in [4.78, 5) is 0. The molecule has 1 aliphatic carbocycles. The van der Waals surface area contributed by atoms with E-state index in [0.29, 0.717) is 6.04 Å². The van der Waals surface area contributed by atoms with E-state index in [1.165, 1.54) is 32.1 Å². The Balaban J connectivity index is 2.37. The molecule has 0 aliphatic heterocycles. The number of hydrogen-bond acceptors (Lipinski definition) is 1. The zero-order valence-electron chi connectivity index (χ0n) is 9.42. The summed E-state index contributed by atoms with van der Waals surface area (Å²) in [6, 6.07) is 0.491. The smallest absolute Gasteiger partial charge is 0.00674 e. The lowest BCUT2D eigenvalue weighted by Gasteiger charge is -2.34. The Bertz CT molecular complexity index is 144. The highest BCUT2D eigenvalue weighted by Crippen LogP contribution is 2.32. The third kappa shape index (κ3) is 3.30. The van der Waals surface area contributed by atoms with Gasteiger partial charge in [-0.1, -0.05) is 27.2 Å². The van der Waals surface area contributed by atoms with Gasteiger partial charge >= 0.3 is 0 Å². The molecule has 0 spiro atoms. The molecule has 1 nitrogen and oxygen atoms in total. The number of hydrogen-bond donors (Lipinski definition) is 1. The number of rotatable bonds is 3. The predicted molar refractivity (Wildman–Crippen MR) is 58.6 cm³/mol. The summed E-state index contributed by atoms with van der Waals surface area (Å²) in [7, 11) is 0. The molecule has 0 saturated heterocycles. The van der Waals surface area contributed by atoms with Crippen LogP contribution in [0.15, 0.2) is 0 Å². The fraction of sp³-hybridized carbons (Fsp3) is 1.00. The maximum atomic E-state index is 6.14. The monoisotopic (exact) mass is 183 g/mol. The Morgan fingerprint density at radius 3 is 2.69 bits per heavy atom. The molecule has 4 atom stereocenters. The molecule has 1 heteroatoms. The average molecular weight is 183 g/mol. The zero-order valence-corrected chi connectivity index (χ0v) is 9.42. The van der Waals surface area contributed by atoms with Crippen LogP contribution in [-0.2, 0) is 0 Å². The van der Waals surface area contributed by atoms with Crippen molar-refractivity contribution >= 4 is 0 Å². The van der Waals surface area contributed by atoms with Gasteiger partial charge < -0.3 is 5.73 Å². The second-order valence-corrected chi connectivity index (χ2v) is 5.09. The first-order valence-corrected chi connectivity index (χ1v) is 5.89. The lowest BCUT2D eigenvalue weighted by atomic mass is 9.75. The molecule has 1 rings (SSSR count). The summed E-state index contributed by atoms with van der Waals surface area (Å²) >= 11 is 0. The van der Waals surface area contributed by atoms with Crippen LogP contribution in [0, 0.1) is 17.8 Å². The minimum absolute atomic E-state index is 0.491. The Labute approximate surface area is 83.1 Å². The van der Waals surface area contributed by atoms with E-state index in [2.05, 4.69) is 20.8 Å². The van der Waals surface area contributed by atoms with Gasteiger partial charge in [0.25, 0.3) is 0 Å². The summed E-state index contributed by atoms with van der Waals surface area (Å²) in [6.45, 7) is 7.00. The van der Waals surface area contributed by atoms with Crippen LogP contribution in [0.4, 0.5) is 0 Å². The van der Waals surface area contributed by atoms with Crippen molar-refractivity contribution in [3.05, 3.63) is 0 Å². The van der Waals surface area contributed by atoms with E-state index >= 15 is 0 Å². The summed E-state index contributed by atoms with van der Waals surface area (Å²) in [6.07, 6.45) is 6.62. The first kappa shape index (κ1) is 11.0. The summed E-state index contributed by atoms with van der Waals surface area (Å²) in [5, 5.41) is 0. The van der Waals surface area contributed by atoms with Gasteiger partial charge in [0.1, 0.15) is 0 Å². The minimum Gasteiger partial charge on any atom is -0.327 e. The van der Waals surface area contributed by atoms with E-state index < -0.39 is 0 Å².